The number of nitrogens with zero attached hydrogens (tertiary/aromatic N) is 1. The Morgan fingerprint density at radius 3 is 2.65 bits per heavy atom. The smallest absolute Gasteiger partial charge is 0.173 e. The second-order valence-electron chi connectivity index (χ2n) is 4.13. The van der Waals surface area contributed by atoms with Crippen molar-refractivity contribution >= 4 is 11.5 Å². The number of oxime groups is 1. The quantitative estimate of drug-likeness (QED) is 0.348. The zero-order valence-corrected chi connectivity index (χ0v) is 10.5. The molecule has 0 fully saturated rings. The van der Waals surface area contributed by atoms with Gasteiger partial charge in [0, 0.05) is 17.8 Å². The molecule has 0 saturated heterocycles. The Hall–Kier alpha value is -2.63. The third-order valence-electron chi connectivity index (χ3n) is 2.77. The van der Waals surface area contributed by atoms with Gasteiger partial charge in [0.15, 0.2) is 5.84 Å². The van der Waals surface area contributed by atoms with E-state index in [1.165, 1.54) is 18.2 Å². The van der Waals surface area contributed by atoms with E-state index in [0.717, 1.165) is 0 Å². The molecule has 0 bridgehead atoms. The fraction of sp³-hybridized carbons (Fsp3) is 0.0714. The summed E-state index contributed by atoms with van der Waals surface area (Å²) in [7, 11) is 0. The zero-order chi connectivity index (χ0) is 14.5. The van der Waals surface area contributed by atoms with E-state index in [2.05, 4.69) is 10.5 Å². The number of nitrogens with two attached hydrogens (primary N) is 1. The van der Waals surface area contributed by atoms with Crippen LogP contribution >= 0.6 is 0 Å². The molecule has 0 amide bonds. The summed E-state index contributed by atoms with van der Waals surface area (Å²) in [6, 6.07) is 10.4. The number of anilines is 1. The number of rotatable bonds is 4. The molecule has 0 radical (unpaired) electrons. The Balaban J connectivity index is 2.18. The zero-order valence-electron chi connectivity index (χ0n) is 10.5. The van der Waals surface area contributed by atoms with Crippen molar-refractivity contribution in [2.75, 3.05) is 5.32 Å². The third-order valence-corrected chi connectivity index (χ3v) is 2.77. The first-order valence-electron chi connectivity index (χ1n) is 5.86. The number of benzene rings is 2. The molecule has 0 atom stereocenters. The maximum absolute atomic E-state index is 14.1. The van der Waals surface area contributed by atoms with Gasteiger partial charge in [-0.3, -0.25) is 0 Å². The fourth-order valence-electron chi connectivity index (χ4n) is 1.76. The minimum Gasteiger partial charge on any atom is -0.409 e. The first-order valence-corrected chi connectivity index (χ1v) is 5.86. The van der Waals surface area contributed by atoms with E-state index in [1.807, 2.05) is 0 Å². The molecule has 4 nitrogen and oxygen atoms in total. The summed E-state index contributed by atoms with van der Waals surface area (Å²) in [5.41, 5.74) is 6.27. The minimum atomic E-state index is -0.577. The molecule has 2 aromatic carbocycles. The van der Waals surface area contributed by atoms with Crippen LogP contribution in [-0.2, 0) is 6.54 Å². The molecular weight excluding hydrogens is 264 g/mol. The molecular formula is C14H13F2N3O. The van der Waals surface area contributed by atoms with E-state index < -0.39 is 5.82 Å². The van der Waals surface area contributed by atoms with Gasteiger partial charge in [-0.25, -0.2) is 8.78 Å². The highest BCUT2D eigenvalue weighted by Gasteiger charge is 2.11. The van der Waals surface area contributed by atoms with Crippen molar-refractivity contribution in [2.45, 2.75) is 6.54 Å². The van der Waals surface area contributed by atoms with Crippen LogP contribution in [0.5, 0.6) is 0 Å². The van der Waals surface area contributed by atoms with Crippen LogP contribution in [0.15, 0.2) is 47.6 Å². The van der Waals surface area contributed by atoms with Crippen LogP contribution in [0.4, 0.5) is 14.5 Å². The Kier molecular flexibility index (Phi) is 4.14. The van der Waals surface area contributed by atoms with Gasteiger partial charge in [0.2, 0.25) is 0 Å². The first-order chi connectivity index (χ1) is 9.61. The normalized spacial score (nSPS) is 11.4. The number of amidine groups is 1. The molecule has 4 N–H and O–H groups in total. The van der Waals surface area contributed by atoms with E-state index in [1.54, 1.807) is 24.3 Å². The van der Waals surface area contributed by atoms with E-state index in [0.29, 0.717) is 11.3 Å². The number of hydrogen-bond acceptors (Lipinski definition) is 3. The lowest BCUT2D eigenvalue weighted by Gasteiger charge is -2.09. The van der Waals surface area contributed by atoms with E-state index in [4.69, 9.17) is 10.9 Å². The van der Waals surface area contributed by atoms with Crippen molar-refractivity contribution in [2.24, 2.45) is 10.9 Å². The molecule has 0 aliphatic rings. The molecule has 104 valence electrons. The Bertz CT molecular complexity index is 644. The second kappa shape index (κ2) is 6.01. The molecule has 0 aliphatic carbocycles. The topological polar surface area (TPSA) is 70.6 Å². The van der Waals surface area contributed by atoms with Gasteiger partial charge in [-0.1, -0.05) is 23.4 Å². The molecule has 0 saturated carbocycles. The van der Waals surface area contributed by atoms with Crippen LogP contribution in [0.1, 0.15) is 11.1 Å². The standard InChI is InChI=1S/C14H13F2N3O/c15-10-4-2-5-11(7-10)18-8-9-3-1-6-12(13(9)16)14(17)19-20/h1-7,18,20H,8H2,(H2,17,19). The molecule has 2 rings (SSSR count). The van der Waals surface area contributed by atoms with Crippen molar-refractivity contribution in [1.82, 2.24) is 0 Å². The van der Waals surface area contributed by atoms with Crippen LogP contribution in [0.25, 0.3) is 0 Å². The second-order valence-corrected chi connectivity index (χ2v) is 4.13. The number of hydrogen-bond donors (Lipinski definition) is 3. The van der Waals surface area contributed by atoms with Gasteiger partial charge in [-0.05, 0) is 24.3 Å². The van der Waals surface area contributed by atoms with Crippen molar-refractivity contribution in [3.63, 3.8) is 0 Å². The molecule has 2 aromatic rings. The van der Waals surface area contributed by atoms with Crippen molar-refractivity contribution in [3.05, 3.63) is 65.2 Å². The van der Waals surface area contributed by atoms with Crippen LogP contribution in [-0.4, -0.2) is 11.0 Å². The molecule has 0 spiro atoms. The van der Waals surface area contributed by atoms with E-state index in [9.17, 15) is 8.78 Å². The molecule has 0 unspecified atom stereocenters. The fourth-order valence-corrected chi connectivity index (χ4v) is 1.76. The van der Waals surface area contributed by atoms with Crippen LogP contribution in [0.2, 0.25) is 0 Å². The van der Waals surface area contributed by atoms with Crippen molar-refractivity contribution < 1.29 is 14.0 Å². The van der Waals surface area contributed by atoms with Crippen LogP contribution < -0.4 is 11.1 Å². The van der Waals surface area contributed by atoms with Crippen molar-refractivity contribution in [3.8, 4) is 0 Å². The van der Waals surface area contributed by atoms with Gasteiger partial charge < -0.3 is 16.3 Å². The van der Waals surface area contributed by atoms with Gasteiger partial charge in [-0.15, -0.1) is 0 Å². The predicted octanol–water partition coefficient (Wildman–Crippen LogP) is 2.67. The number of halogens is 2. The monoisotopic (exact) mass is 277 g/mol. The highest BCUT2D eigenvalue weighted by Crippen LogP contribution is 2.16. The SMILES string of the molecule is N/C(=N/O)c1cccc(CNc2cccc(F)c2)c1F. The predicted molar refractivity (Wildman–Crippen MR) is 72.6 cm³/mol. The number of nitrogens with one attached hydrogen (secondary N) is 1. The summed E-state index contributed by atoms with van der Waals surface area (Å²) in [4.78, 5) is 0. The Labute approximate surface area is 114 Å². The maximum Gasteiger partial charge on any atom is 0.173 e. The Morgan fingerprint density at radius 1 is 1.20 bits per heavy atom. The molecule has 0 aromatic heterocycles. The average molecular weight is 277 g/mol. The summed E-state index contributed by atoms with van der Waals surface area (Å²) in [5, 5.41) is 14.3. The average Bonchev–Trinajstić information content (AvgIpc) is 2.45. The van der Waals surface area contributed by atoms with Crippen molar-refractivity contribution in [1.29, 1.82) is 0 Å². The summed E-state index contributed by atoms with van der Waals surface area (Å²) < 4.78 is 27.1. The summed E-state index contributed by atoms with van der Waals surface area (Å²) >= 11 is 0. The molecule has 0 heterocycles. The van der Waals surface area contributed by atoms with Crippen LogP contribution in [0, 0.1) is 11.6 Å². The minimum absolute atomic E-state index is 0.0195. The Morgan fingerprint density at radius 2 is 1.95 bits per heavy atom. The molecule has 6 heteroatoms. The third kappa shape index (κ3) is 3.03. The van der Waals surface area contributed by atoms with Crippen LogP contribution in [0.3, 0.4) is 0 Å². The van der Waals surface area contributed by atoms with E-state index >= 15 is 0 Å². The largest absolute Gasteiger partial charge is 0.409 e. The summed E-state index contributed by atoms with van der Waals surface area (Å²) in [6.45, 7) is 0.155. The molecule has 20 heavy (non-hydrogen) atoms. The van der Waals surface area contributed by atoms with Gasteiger partial charge in [0.05, 0.1) is 5.56 Å². The van der Waals surface area contributed by atoms with Gasteiger partial charge in [-0.2, -0.15) is 0 Å². The van der Waals surface area contributed by atoms with Gasteiger partial charge >= 0.3 is 0 Å². The lowest BCUT2D eigenvalue weighted by atomic mass is 10.1. The lowest BCUT2D eigenvalue weighted by molar-refractivity contribution is 0.318. The maximum atomic E-state index is 14.1. The summed E-state index contributed by atoms with van der Waals surface area (Å²) in [6.07, 6.45) is 0. The first kappa shape index (κ1) is 13.8. The van der Waals surface area contributed by atoms with Gasteiger partial charge in [0.25, 0.3) is 0 Å². The lowest BCUT2D eigenvalue weighted by Crippen LogP contribution is -2.16. The highest BCUT2D eigenvalue weighted by molar-refractivity contribution is 5.97. The highest BCUT2D eigenvalue weighted by atomic mass is 19.1. The molecule has 0 aliphatic heterocycles. The van der Waals surface area contributed by atoms with Gasteiger partial charge in [0.1, 0.15) is 11.6 Å². The van der Waals surface area contributed by atoms with E-state index in [-0.39, 0.29) is 23.8 Å². The summed E-state index contributed by atoms with van der Waals surface area (Å²) in [5.74, 6) is -1.25.